The second kappa shape index (κ2) is 59.4. The van der Waals surface area contributed by atoms with Gasteiger partial charge in [-0.25, -0.2) is 0 Å². The van der Waals surface area contributed by atoms with Crippen molar-refractivity contribution >= 4 is 11.9 Å². The van der Waals surface area contributed by atoms with Gasteiger partial charge in [0.1, 0.15) is 24.4 Å². The summed E-state index contributed by atoms with van der Waals surface area (Å²) in [6.07, 6.45) is 66.4. The molecule has 8 atom stereocenters. The normalized spacial score (nSPS) is 19.0. The fourth-order valence-electron chi connectivity index (χ4n) is 10.6. The number of ether oxygens (including phenoxy) is 3. The van der Waals surface area contributed by atoms with Crippen LogP contribution < -0.4 is 5.32 Å². The summed E-state index contributed by atoms with van der Waals surface area (Å²) >= 11 is 0. The van der Waals surface area contributed by atoms with Crippen molar-refractivity contribution in [3.05, 3.63) is 72.9 Å². The largest absolute Gasteiger partial charge is 0.454 e. The van der Waals surface area contributed by atoms with Gasteiger partial charge in [-0.15, -0.1) is 0 Å². The maximum absolute atomic E-state index is 13.5. The molecule has 1 rings (SSSR count). The first-order chi connectivity index (χ1) is 40.7. The van der Waals surface area contributed by atoms with Gasteiger partial charge in [0.2, 0.25) is 5.91 Å². The Kier molecular flexibility index (Phi) is 55.9. The molecule has 0 aliphatic carbocycles. The van der Waals surface area contributed by atoms with Gasteiger partial charge < -0.3 is 45.1 Å². The molecule has 83 heavy (non-hydrogen) atoms. The van der Waals surface area contributed by atoms with E-state index in [-0.39, 0.29) is 19.4 Å². The van der Waals surface area contributed by atoms with E-state index >= 15 is 0 Å². The molecule has 6 N–H and O–H groups in total. The average Bonchev–Trinajstić information content (AvgIpc) is 3.54. The van der Waals surface area contributed by atoms with Crippen LogP contribution in [0.2, 0.25) is 0 Å². The molecule has 482 valence electrons. The van der Waals surface area contributed by atoms with Crippen LogP contribution in [0.3, 0.4) is 0 Å². The van der Waals surface area contributed by atoms with Gasteiger partial charge in [0.25, 0.3) is 0 Å². The molecule has 0 aromatic rings. The van der Waals surface area contributed by atoms with Gasteiger partial charge in [-0.2, -0.15) is 0 Å². The summed E-state index contributed by atoms with van der Waals surface area (Å²) in [5.41, 5.74) is 0. The molecule has 8 unspecified atom stereocenters. The lowest BCUT2D eigenvalue weighted by atomic mass is 9.99. The fraction of sp³-hybridized carbons (Fsp3) is 0.806. The van der Waals surface area contributed by atoms with E-state index in [4.69, 9.17) is 14.2 Å². The average molecular weight is 1170 g/mol. The number of hydrogen-bond donors (Lipinski definition) is 6. The number of esters is 1. The topological polar surface area (TPSA) is 175 Å². The zero-order valence-electron chi connectivity index (χ0n) is 53.6. The summed E-state index contributed by atoms with van der Waals surface area (Å²) in [4.78, 5) is 26.7. The molecule has 11 heteroatoms. The highest BCUT2D eigenvalue weighted by Gasteiger charge is 2.47. The second-order valence-electron chi connectivity index (χ2n) is 23.9. The molecule has 1 amide bonds. The van der Waals surface area contributed by atoms with E-state index in [1.54, 1.807) is 6.08 Å². The first-order valence-electron chi connectivity index (χ1n) is 34.7. The van der Waals surface area contributed by atoms with E-state index in [0.717, 1.165) is 83.5 Å². The lowest BCUT2D eigenvalue weighted by Gasteiger charge is -2.41. The van der Waals surface area contributed by atoms with Gasteiger partial charge >= 0.3 is 5.97 Å². The van der Waals surface area contributed by atoms with Crippen LogP contribution in [-0.4, -0.2) is 99.6 Å². The van der Waals surface area contributed by atoms with Crippen LogP contribution >= 0.6 is 0 Å². The molecule has 0 aromatic heterocycles. The van der Waals surface area contributed by atoms with Crippen LogP contribution in [0, 0.1) is 0 Å². The number of allylic oxidation sites excluding steroid dienone is 11. The number of nitrogens with one attached hydrogen (secondary N) is 1. The smallest absolute Gasteiger partial charge is 0.306 e. The van der Waals surface area contributed by atoms with Crippen LogP contribution in [0.15, 0.2) is 72.9 Å². The molecule has 11 nitrogen and oxygen atoms in total. The summed E-state index contributed by atoms with van der Waals surface area (Å²) in [5.74, 6) is -1.21. The number of hydrogen-bond acceptors (Lipinski definition) is 10. The van der Waals surface area contributed by atoms with Gasteiger partial charge in [0.15, 0.2) is 12.4 Å². The van der Waals surface area contributed by atoms with E-state index in [0.29, 0.717) is 12.8 Å². The van der Waals surface area contributed by atoms with Crippen LogP contribution in [0.4, 0.5) is 0 Å². The van der Waals surface area contributed by atoms with E-state index in [9.17, 15) is 35.1 Å². The molecular formula is C72H129NO10. The van der Waals surface area contributed by atoms with Crippen molar-refractivity contribution in [2.75, 3.05) is 13.2 Å². The Hall–Kier alpha value is -2.90. The lowest BCUT2D eigenvalue weighted by Crippen LogP contribution is -2.61. The number of rotatable bonds is 59. The van der Waals surface area contributed by atoms with Crippen molar-refractivity contribution in [1.29, 1.82) is 0 Å². The Morgan fingerprint density at radius 3 is 1.28 bits per heavy atom. The molecule has 0 saturated carbocycles. The third-order valence-electron chi connectivity index (χ3n) is 16.1. The summed E-state index contributed by atoms with van der Waals surface area (Å²) in [5, 5.41) is 57.2. The van der Waals surface area contributed by atoms with E-state index in [1.165, 1.54) is 180 Å². The Morgan fingerprint density at radius 2 is 0.831 bits per heavy atom. The third-order valence-corrected chi connectivity index (χ3v) is 16.1. The fourth-order valence-corrected chi connectivity index (χ4v) is 10.6. The van der Waals surface area contributed by atoms with Gasteiger partial charge in [0.05, 0.1) is 25.4 Å². The Balaban J connectivity index is 2.64. The number of carbonyl (C=O) groups is 2. The molecule has 0 bridgehead atoms. The minimum Gasteiger partial charge on any atom is -0.454 e. The monoisotopic (exact) mass is 1170 g/mol. The quantitative estimate of drug-likeness (QED) is 0.0195. The van der Waals surface area contributed by atoms with E-state index in [1.807, 2.05) is 6.08 Å². The third kappa shape index (κ3) is 46.9. The molecule has 1 aliphatic heterocycles. The number of aliphatic hydroxyl groups excluding tert-OH is 5. The van der Waals surface area contributed by atoms with Crippen molar-refractivity contribution < 1.29 is 49.3 Å². The lowest BCUT2D eigenvalue weighted by molar-refractivity contribution is -0.305. The second-order valence-corrected chi connectivity index (χ2v) is 23.9. The summed E-state index contributed by atoms with van der Waals surface area (Å²) < 4.78 is 17.7. The highest BCUT2D eigenvalue weighted by Crippen LogP contribution is 2.26. The van der Waals surface area contributed by atoms with Crippen molar-refractivity contribution in [2.24, 2.45) is 0 Å². The molecular weight excluding hydrogens is 1040 g/mol. The van der Waals surface area contributed by atoms with Gasteiger partial charge in [-0.05, 0) is 96.3 Å². The Morgan fingerprint density at radius 1 is 0.470 bits per heavy atom. The maximum atomic E-state index is 13.5. The van der Waals surface area contributed by atoms with Crippen molar-refractivity contribution in [2.45, 2.75) is 359 Å². The Labute approximate surface area is 509 Å². The number of amides is 1. The van der Waals surface area contributed by atoms with Crippen molar-refractivity contribution in [1.82, 2.24) is 5.32 Å². The van der Waals surface area contributed by atoms with Gasteiger partial charge in [-0.3, -0.25) is 9.59 Å². The molecule has 1 heterocycles. The summed E-state index contributed by atoms with van der Waals surface area (Å²) in [7, 11) is 0. The summed E-state index contributed by atoms with van der Waals surface area (Å²) in [6.45, 7) is 5.78. The Bertz CT molecular complexity index is 1630. The number of carbonyl (C=O) groups excluding carboxylic acids is 2. The van der Waals surface area contributed by atoms with Crippen molar-refractivity contribution in [3.8, 4) is 0 Å². The zero-order valence-corrected chi connectivity index (χ0v) is 53.6. The van der Waals surface area contributed by atoms with Crippen LogP contribution in [0.25, 0.3) is 0 Å². The first kappa shape index (κ1) is 78.1. The SMILES string of the molecule is CCCCC/C=C\C/C=C\C/C=C\C/C=C\CCCCCCC(O)C(=O)NC(COC1OC(CO)C(O)C(O)C1OC(=O)CCCCCCCCCCCCC/C=C/CCCCCCCC)C(O)/C=C/CCCCCCCCCCCCC. The van der Waals surface area contributed by atoms with E-state index < -0.39 is 67.4 Å². The predicted molar refractivity (Wildman–Crippen MR) is 347 cm³/mol. The molecule has 0 aromatic carbocycles. The maximum Gasteiger partial charge on any atom is 0.306 e. The molecule has 0 spiro atoms. The summed E-state index contributed by atoms with van der Waals surface area (Å²) in [6, 6.07) is -1.04. The minimum absolute atomic E-state index is 0.119. The zero-order chi connectivity index (χ0) is 60.3. The van der Waals surface area contributed by atoms with Gasteiger partial charge in [0, 0.05) is 6.42 Å². The first-order valence-corrected chi connectivity index (χ1v) is 34.7. The van der Waals surface area contributed by atoms with Crippen LogP contribution in [0.5, 0.6) is 0 Å². The standard InChI is InChI=1S/C72H129NO10/c1-4-7-10-13-16-19-22-25-27-29-31-33-35-37-39-42-45-48-51-54-57-60-67(77)83-70-69(79)68(78)66(61-74)82-72(70)81-62-63(64(75)58-55-52-49-46-43-40-24-21-18-15-12-9-6-3)73-71(80)65(76)59-56-53-50-47-44-41-38-36-34-32-30-28-26-23-20-17-14-11-8-5-2/h17,20,25-28,32,34,38,41,55,58,63-66,68-70,72,74-76,78-79H,4-16,18-19,21-24,29-31,33,35-37,39-40,42-54,56-57,59-62H2,1-3H3,(H,73,80)/b20-17-,27-25+,28-26-,34-32-,41-38-,58-55+. The molecule has 1 aliphatic rings. The molecule has 1 fully saturated rings. The number of unbranched alkanes of at least 4 members (excludes halogenated alkanes) is 35. The van der Waals surface area contributed by atoms with Crippen LogP contribution in [0.1, 0.15) is 310 Å². The highest BCUT2D eigenvalue weighted by atomic mass is 16.7. The van der Waals surface area contributed by atoms with Gasteiger partial charge in [-0.1, -0.05) is 280 Å². The predicted octanol–water partition coefficient (Wildman–Crippen LogP) is 17.5. The van der Waals surface area contributed by atoms with Crippen LogP contribution in [-0.2, 0) is 23.8 Å². The number of aliphatic hydroxyl groups is 5. The minimum atomic E-state index is -1.62. The van der Waals surface area contributed by atoms with Crippen molar-refractivity contribution in [3.63, 3.8) is 0 Å². The molecule has 1 saturated heterocycles. The highest BCUT2D eigenvalue weighted by molar-refractivity contribution is 5.80. The molecule has 0 radical (unpaired) electrons. The van der Waals surface area contributed by atoms with E-state index in [2.05, 4.69) is 86.8 Å².